The van der Waals surface area contributed by atoms with Gasteiger partial charge in [0.25, 0.3) is 0 Å². The number of nitrogens with zero attached hydrogens (tertiary/aromatic N) is 1. The van der Waals surface area contributed by atoms with Crippen molar-refractivity contribution in [1.29, 1.82) is 0 Å². The normalized spacial score (nSPS) is 13.6. The van der Waals surface area contributed by atoms with E-state index in [1.807, 2.05) is 33.2 Å². The van der Waals surface area contributed by atoms with Gasteiger partial charge in [-0.25, -0.2) is 0 Å². The van der Waals surface area contributed by atoms with Crippen LogP contribution in [0, 0.1) is 0 Å². The van der Waals surface area contributed by atoms with Crippen molar-refractivity contribution < 1.29 is 9.90 Å². The summed E-state index contributed by atoms with van der Waals surface area (Å²) in [4.78, 5) is 14.6. The predicted octanol–water partition coefficient (Wildman–Crippen LogP) is 3.77. The number of carbonyl (C=O) groups is 1. The zero-order chi connectivity index (χ0) is 19.6. The van der Waals surface area contributed by atoms with Crippen molar-refractivity contribution in [3.05, 3.63) is 28.8 Å². The third-order valence-corrected chi connectivity index (χ3v) is 4.69. The highest BCUT2D eigenvalue weighted by Crippen LogP contribution is 2.41. The molecule has 1 amide bonds. The lowest BCUT2D eigenvalue weighted by Gasteiger charge is -2.30. The zero-order valence-corrected chi connectivity index (χ0v) is 17.4. The molecule has 4 heteroatoms. The molecule has 0 spiro atoms. The minimum Gasteiger partial charge on any atom is -0.507 e. The van der Waals surface area contributed by atoms with Crippen molar-refractivity contribution in [3.63, 3.8) is 0 Å². The molecule has 1 unspecified atom stereocenters. The number of phenolic OH excluding ortho intramolecular Hbond substituents is 1. The first-order valence-electron chi connectivity index (χ1n) is 9.08. The number of nitrogens with one attached hydrogen (secondary N) is 1. The van der Waals surface area contributed by atoms with E-state index in [0.29, 0.717) is 12.3 Å². The molecule has 25 heavy (non-hydrogen) atoms. The molecular formula is C21H36N2O2. The summed E-state index contributed by atoms with van der Waals surface area (Å²) in [5.74, 6) is 0.206. The Morgan fingerprint density at radius 3 is 1.92 bits per heavy atom. The molecule has 1 rings (SSSR count). The van der Waals surface area contributed by atoms with Gasteiger partial charge in [0, 0.05) is 20.1 Å². The van der Waals surface area contributed by atoms with Crippen LogP contribution in [0.5, 0.6) is 5.75 Å². The number of hydrogen-bond donors (Lipinski definition) is 2. The van der Waals surface area contributed by atoms with Crippen LogP contribution in [0.25, 0.3) is 0 Å². The number of carbonyl (C=O) groups excluding carboxylic acids is 1. The highest BCUT2D eigenvalue weighted by Gasteiger charge is 2.29. The maximum absolute atomic E-state index is 12.8. The van der Waals surface area contributed by atoms with Gasteiger partial charge in [-0.15, -0.1) is 0 Å². The van der Waals surface area contributed by atoms with E-state index in [9.17, 15) is 9.90 Å². The average molecular weight is 349 g/mol. The number of phenols is 1. The minimum absolute atomic E-state index is 0.0978. The Morgan fingerprint density at radius 1 is 1.12 bits per heavy atom. The molecule has 0 aliphatic carbocycles. The molecule has 2 N–H and O–H groups in total. The Labute approximate surface area is 153 Å². The molecular weight excluding hydrogens is 312 g/mol. The molecule has 4 nitrogen and oxygen atoms in total. The van der Waals surface area contributed by atoms with E-state index in [1.54, 1.807) is 4.90 Å². The predicted molar refractivity (Wildman–Crippen MR) is 105 cm³/mol. The smallest absolute Gasteiger partial charge is 0.229 e. The van der Waals surface area contributed by atoms with Gasteiger partial charge in [0.1, 0.15) is 5.75 Å². The molecule has 0 saturated heterocycles. The SMILES string of the molecule is CNCCN(C)C(=O)C(C)c1cc(C(C)(C)C)c(O)c(C(C)(C)C)c1. The van der Waals surface area contributed by atoms with Gasteiger partial charge >= 0.3 is 0 Å². The van der Waals surface area contributed by atoms with Crippen molar-refractivity contribution in [1.82, 2.24) is 10.2 Å². The van der Waals surface area contributed by atoms with Gasteiger partial charge in [-0.2, -0.15) is 0 Å². The summed E-state index contributed by atoms with van der Waals surface area (Å²) in [5.41, 5.74) is 2.37. The first-order valence-corrected chi connectivity index (χ1v) is 9.08. The van der Waals surface area contributed by atoms with Crippen molar-refractivity contribution in [3.8, 4) is 5.75 Å². The molecule has 0 bridgehead atoms. The van der Waals surface area contributed by atoms with E-state index in [1.165, 1.54) is 0 Å². The van der Waals surface area contributed by atoms with Crippen LogP contribution in [-0.2, 0) is 15.6 Å². The third-order valence-electron chi connectivity index (χ3n) is 4.69. The highest BCUT2D eigenvalue weighted by atomic mass is 16.3. The number of hydrogen-bond acceptors (Lipinski definition) is 3. The maximum Gasteiger partial charge on any atom is 0.229 e. The largest absolute Gasteiger partial charge is 0.507 e. The van der Waals surface area contributed by atoms with Crippen LogP contribution in [0.4, 0.5) is 0 Å². The van der Waals surface area contributed by atoms with Crippen LogP contribution < -0.4 is 5.32 Å². The summed E-state index contributed by atoms with van der Waals surface area (Å²) in [6.07, 6.45) is 0. The van der Waals surface area contributed by atoms with Crippen LogP contribution in [0.1, 0.15) is 71.1 Å². The van der Waals surface area contributed by atoms with Gasteiger partial charge in [0.05, 0.1) is 5.92 Å². The van der Waals surface area contributed by atoms with Gasteiger partial charge in [-0.05, 0) is 41.5 Å². The molecule has 0 saturated carbocycles. The first kappa shape index (κ1) is 21.5. The van der Waals surface area contributed by atoms with Crippen molar-refractivity contribution in [2.24, 2.45) is 0 Å². The molecule has 142 valence electrons. The molecule has 1 aromatic carbocycles. The maximum atomic E-state index is 12.8. The first-order chi connectivity index (χ1) is 11.3. The van der Waals surface area contributed by atoms with E-state index < -0.39 is 0 Å². The number of rotatable bonds is 5. The van der Waals surface area contributed by atoms with E-state index >= 15 is 0 Å². The summed E-state index contributed by atoms with van der Waals surface area (Å²) in [5, 5.41) is 13.9. The van der Waals surface area contributed by atoms with Crippen molar-refractivity contribution in [2.45, 2.75) is 65.2 Å². The fraction of sp³-hybridized carbons (Fsp3) is 0.667. The Morgan fingerprint density at radius 2 is 1.56 bits per heavy atom. The average Bonchev–Trinajstić information content (AvgIpc) is 2.49. The van der Waals surface area contributed by atoms with E-state index in [0.717, 1.165) is 23.2 Å². The van der Waals surface area contributed by atoms with Crippen LogP contribution in [0.2, 0.25) is 0 Å². The molecule has 0 heterocycles. The Bertz CT molecular complexity index is 574. The van der Waals surface area contributed by atoms with E-state index in [-0.39, 0.29) is 22.7 Å². The number of benzene rings is 1. The molecule has 0 aromatic heterocycles. The topological polar surface area (TPSA) is 52.6 Å². The van der Waals surface area contributed by atoms with Crippen molar-refractivity contribution in [2.75, 3.05) is 27.2 Å². The number of likely N-dealkylation sites (N-methyl/N-ethyl adjacent to an activating group) is 2. The Kier molecular flexibility index (Phi) is 6.68. The second-order valence-corrected chi connectivity index (χ2v) is 9.05. The summed E-state index contributed by atoms with van der Waals surface area (Å²) in [6, 6.07) is 4.00. The second-order valence-electron chi connectivity index (χ2n) is 9.05. The molecule has 1 atom stereocenters. The van der Waals surface area contributed by atoms with Crippen LogP contribution in [-0.4, -0.2) is 43.1 Å². The lowest BCUT2D eigenvalue weighted by Crippen LogP contribution is -2.35. The second kappa shape index (κ2) is 7.77. The van der Waals surface area contributed by atoms with E-state index in [2.05, 4.69) is 46.9 Å². The van der Waals surface area contributed by atoms with Crippen molar-refractivity contribution >= 4 is 5.91 Å². The monoisotopic (exact) mass is 348 g/mol. The fourth-order valence-corrected chi connectivity index (χ4v) is 2.91. The van der Waals surface area contributed by atoms with Gasteiger partial charge in [0.15, 0.2) is 0 Å². The lowest BCUT2D eigenvalue weighted by atomic mass is 9.77. The van der Waals surface area contributed by atoms with Gasteiger partial charge < -0.3 is 15.3 Å². The number of aromatic hydroxyl groups is 1. The molecule has 0 fully saturated rings. The highest BCUT2D eigenvalue weighted by molar-refractivity contribution is 5.83. The standard InChI is InChI=1S/C21H36N2O2/c1-14(19(25)23(9)11-10-22-8)15-12-16(20(2,3)4)18(24)17(13-15)21(5,6)7/h12-14,22,24H,10-11H2,1-9H3. The molecule has 0 aliphatic heterocycles. The number of amides is 1. The Balaban J connectivity index is 3.38. The van der Waals surface area contributed by atoms with Gasteiger partial charge in [-0.3, -0.25) is 4.79 Å². The summed E-state index contributed by atoms with van der Waals surface area (Å²) in [7, 11) is 3.72. The molecule has 1 aromatic rings. The van der Waals surface area contributed by atoms with Gasteiger partial charge in [-0.1, -0.05) is 53.7 Å². The van der Waals surface area contributed by atoms with Gasteiger partial charge in [0.2, 0.25) is 5.91 Å². The summed E-state index contributed by atoms with van der Waals surface area (Å²) >= 11 is 0. The van der Waals surface area contributed by atoms with Crippen LogP contribution >= 0.6 is 0 Å². The van der Waals surface area contributed by atoms with Crippen LogP contribution in [0.3, 0.4) is 0 Å². The third kappa shape index (κ3) is 5.21. The summed E-state index contributed by atoms with van der Waals surface area (Å²) in [6.45, 7) is 15.9. The zero-order valence-electron chi connectivity index (χ0n) is 17.4. The lowest BCUT2D eigenvalue weighted by molar-refractivity contribution is -0.131. The molecule has 0 radical (unpaired) electrons. The minimum atomic E-state index is -0.246. The van der Waals surface area contributed by atoms with E-state index in [4.69, 9.17) is 0 Å². The quantitative estimate of drug-likeness (QED) is 0.852. The van der Waals surface area contributed by atoms with Crippen LogP contribution in [0.15, 0.2) is 12.1 Å². The Hall–Kier alpha value is -1.55. The fourth-order valence-electron chi connectivity index (χ4n) is 2.91. The summed E-state index contributed by atoms with van der Waals surface area (Å²) < 4.78 is 0. The molecule has 0 aliphatic rings.